The molecule has 26 heavy (non-hydrogen) atoms. The van der Waals surface area contributed by atoms with Crippen molar-refractivity contribution in [2.24, 2.45) is 0 Å². The number of nitrogens with two attached hydrogens (primary N) is 1. The lowest BCUT2D eigenvalue weighted by molar-refractivity contribution is -0.895. The molecule has 1 atom stereocenters. The summed E-state index contributed by atoms with van der Waals surface area (Å²) in [5.74, 6) is 6.70. The first-order valence-electron chi connectivity index (χ1n) is 9.00. The number of likely N-dealkylation sites (N-methyl/N-ethyl adjacent to an activating group) is 1. The Kier molecular flexibility index (Phi) is 3.93. The van der Waals surface area contributed by atoms with Crippen molar-refractivity contribution < 1.29 is 4.90 Å². The number of rotatable bonds is 1. The van der Waals surface area contributed by atoms with Crippen LogP contribution in [0.4, 0.5) is 0 Å². The third-order valence-corrected chi connectivity index (χ3v) is 6.34. The molecular formula is C20H25N4OS+. The molecule has 3 N–H and O–H groups in total. The highest BCUT2D eigenvalue weighted by molar-refractivity contribution is 7.18. The molecule has 3 heterocycles. The normalized spacial score (nSPS) is 17.5. The van der Waals surface area contributed by atoms with Crippen molar-refractivity contribution in [1.82, 2.24) is 9.66 Å². The summed E-state index contributed by atoms with van der Waals surface area (Å²) >= 11 is 1.64. The van der Waals surface area contributed by atoms with Gasteiger partial charge in [0.15, 0.2) is 5.82 Å². The van der Waals surface area contributed by atoms with Gasteiger partial charge in [-0.25, -0.2) is 9.66 Å². The van der Waals surface area contributed by atoms with Gasteiger partial charge in [-0.2, -0.15) is 0 Å². The number of nitrogens with zero attached hydrogens (tertiary/aromatic N) is 2. The fourth-order valence-electron chi connectivity index (χ4n) is 3.59. The number of nitrogens with one attached hydrogen (secondary N) is 1. The molecule has 1 aliphatic rings. The average Bonchev–Trinajstić information content (AvgIpc) is 2.95. The molecule has 1 aliphatic heterocycles. The summed E-state index contributed by atoms with van der Waals surface area (Å²) in [6.07, 6.45) is 0.914. The van der Waals surface area contributed by atoms with Gasteiger partial charge in [0, 0.05) is 12.0 Å². The maximum absolute atomic E-state index is 13.0. The molecule has 0 bridgehead atoms. The van der Waals surface area contributed by atoms with Crippen LogP contribution in [-0.4, -0.2) is 23.3 Å². The van der Waals surface area contributed by atoms with Crippen molar-refractivity contribution in [2.45, 2.75) is 39.2 Å². The summed E-state index contributed by atoms with van der Waals surface area (Å²) in [7, 11) is 2.18. The van der Waals surface area contributed by atoms with Crippen LogP contribution < -0.4 is 16.3 Å². The lowest BCUT2D eigenvalue weighted by atomic mass is 9.87. The Balaban J connectivity index is 1.87. The van der Waals surface area contributed by atoms with E-state index in [1.165, 1.54) is 20.0 Å². The minimum Gasteiger partial charge on any atom is -0.334 e. The molecular weight excluding hydrogens is 344 g/mol. The van der Waals surface area contributed by atoms with E-state index in [4.69, 9.17) is 10.8 Å². The van der Waals surface area contributed by atoms with Crippen LogP contribution >= 0.6 is 11.3 Å². The predicted molar refractivity (Wildman–Crippen MR) is 107 cm³/mol. The molecule has 0 radical (unpaired) electrons. The van der Waals surface area contributed by atoms with Crippen LogP contribution in [-0.2, 0) is 18.4 Å². The summed E-state index contributed by atoms with van der Waals surface area (Å²) in [6.45, 7) is 8.54. The van der Waals surface area contributed by atoms with Crippen molar-refractivity contribution >= 4 is 21.6 Å². The van der Waals surface area contributed by atoms with Crippen LogP contribution in [0.3, 0.4) is 0 Å². The Morgan fingerprint density at radius 3 is 2.58 bits per heavy atom. The molecule has 0 saturated carbocycles. The maximum atomic E-state index is 13.0. The molecule has 0 amide bonds. The van der Waals surface area contributed by atoms with Crippen molar-refractivity contribution in [3.8, 4) is 11.4 Å². The molecule has 6 heteroatoms. The number of hydrogen-bond acceptors (Lipinski definition) is 4. The Morgan fingerprint density at radius 2 is 1.92 bits per heavy atom. The quantitative estimate of drug-likeness (QED) is 0.642. The van der Waals surface area contributed by atoms with Crippen molar-refractivity contribution in [3.05, 3.63) is 50.6 Å². The summed E-state index contributed by atoms with van der Waals surface area (Å²) < 4.78 is 1.21. The van der Waals surface area contributed by atoms with Crippen LogP contribution in [0, 0.1) is 0 Å². The molecule has 1 unspecified atom stereocenters. The number of thiophene rings is 1. The highest BCUT2D eigenvalue weighted by Crippen LogP contribution is 2.31. The number of quaternary nitrogens is 1. The highest BCUT2D eigenvalue weighted by atomic mass is 32.1. The second-order valence-electron chi connectivity index (χ2n) is 8.26. The maximum Gasteiger partial charge on any atom is 0.281 e. The molecule has 1 aromatic carbocycles. The van der Waals surface area contributed by atoms with Crippen molar-refractivity contribution in [2.75, 3.05) is 19.4 Å². The van der Waals surface area contributed by atoms with E-state index in [0.29, 0.717) is 5.82 Å². The van der Waals surface area contributed by atoms with Gasteiger partial charge < -0.3 is 10.7 Å². The fraction of sp³-hybridized carbons (Fsp3) is 0.400. The lowest BCUT2D eigenvalue weighted by Crippen LogP contribution is -3.08. The van der Waals surface area contributed by atoms with Crippen molar-refractivity contribution in [3.63, 3.8) is 0 Å². The second kappa shape index (κ2) is 5.93. The smallest absolute Gasteiger partial charge is 0.281 e. The standard InChI is InChI=1S/C20H24N4OS/c1-20(2,3)13-7-5-12(6-8-13)17-22-18-16(19(25)24(17)21)14-9-10-23(4)11-15(14)26-18/h5-8H,9-11,21H2,1-4H3/p+1. The fourth-order valence-corrected chi connectivity index (χ4v) is 4.92. The molecule has 0 spiro atoms. The first kappa shape index (κ1) is 17.2. The van der Waals surface area contributed by atoms with Crippen LogP contribution in [0.1, 0.15) is 36.8 Å². The summed E-state index contributed by atoms with van der Waals surface area (Å²) in [4.78, 5) is 21.3. The average molecular weight is 370 g/mol. The molecule has 3 aromatic rings. The number of fused-ring (bicyclic) bond motifs is 3. The van der Waals surface area contributed by atoms with Gasteiger partial charge in [-0.15, -0.1) is 11.3 Å². The van der Waals surface area contributed by atoms with Gasteiger partial charge in [-0.05, 0) is 16.5 Å². The molecule has 0 fully saturated rings. The Morgan fingerprint density at radius 1 is 1.23 bits per heavy atom. The van der Waals surface area contributed by atoms with E-state index in [9.17, 15) is 4.79 Å². The molecule has 2 aromatic heterocycles. The first-order chi connectivity index (χ1) is 12.3. The topological polar surface area (TPSA) is 65.3 Å². The van der Waals surface area contributed by atoms with Crippen molar-refractivity contribution in [1.29, 1.82) is 0 Å². The van der Waals surface area contributed by atoms with E-state index in [2.05, 4.69) is 40.0 Å². The predicted octanol–water partition coefficient (Wildman–Crippen LogP) is 1.71. The zero-order chi connectivity index (χ0) is 18.6. The van der Waals surface area contributed by atoms with E-state index < -0.39 is 0 Å². The number of benzene rings is 1. The number of hydrogen-bond donors (Lipinski definition) is 2. The number of aromatic nitrogens is 2. The molecule has 4 rings (SSSR count). The second-order valence-corrected chi connectivity index (χ2v) is 9.34. The van der Waals surface area contributed by atoms with Crippen LogP contribution in [0.25, 0.3) is 21.6 Å². The largest absolute Gasteiger partial charge is 0.334 e. The van der Waals surface area contributed by atoms with Crippen LogP contribution in [0.2, 0.25) is 0 Å². The summed E-state index contributed by atoms with van der Waals surface area (Å²) in [5.41, 5.74) is 3.21. The van der Waals surface area contributed by atoms with E-state index in [0.717, 1.165) is 40.9 Å². The summed E-state index contributed by atoms with van der Waals surface area (Å²) in [6, 6.07) is 8.18. The van der Waals surface area contributed by atoms with Gasteiger partial charge in [-0.1, -0.05) is 45.0 Å². The van der Waals surface area contributed by atoms with E-state index in [1.54, 1.807) is 11.3 Å². The summed E-state index contributed by atoms with van der Waals surface area (Å²) in [5, 5.41) is 0.718. The molecule has 0 aliphatic carbocycles. The number of nitrogen functional groups attached to an aromatic ring is 1. The zero-order valence-corrected chi connectivity index (χ0v) is 16.5. The van der Waals surface area contributed by atoms with E-state index in [1.807, 2.05) is 12.1 Å². The minimum absolute atomic E-state index is 0.0828. The van der Waals surface area contributed by atoms with Gasteiger partial charge in [-0.3, -0.25) is 4.79 Å². The Bertz CT molecular complexity index is 1040. The van der Waals surface area contributed by atoms with Gasteiger partial charge in [0.25, 0.3) is 5.56 Å². The molecule has 0 saturated heterocycles. The van der Waals surface area contributed by atoms with Gasteiger partial charge >= 0.3 is 0 Å². The van der Waals surface area contributed by atoms with Gasteiger partial charge in [0.1, 0.15) is 11.4 Å². The molecule has 136 valence electrons. The Hall–Kier alpha value is -2.18. The van der Waals surface area contributed by atoms with Gasteiger partial charge in [0.2, 0.25) is 0 Å². The third kappa shape index (κ3) is 2.73. The monoisotopic (exact) mass is 369 g/mol. The Labute approximate surface area is 157 Å². The van der Waals surface area contributed by atoms with Crippen LogP contribution in [0.15, 0.2) is 29.1 Å². The minimum atomic E-state index is -0.137. The van der Waals surface area contributed by atoms with Gasteiger partial charge in [0.05, 0.1) is 23.9 Å². The van der Waals surface area contributed by atoms with Crippen LogP contribution in [0.5, 0.6) is 0 Å². The molecule has 5 nitrogen and oxygen atoms in total. The van der Waals surface area contributed by atoms with E-state index >= 15 is 0 Å². The highest BCUT2D eigenvalue weighted by Gasteiger charge is 2.25. The lowest BCUT2D eigenvalue weighted by Gasteiger charge is -2.19. The zero-order valence-electron chi connectivity index (χ0n) is 15.7. The first-order valence-corrected chi connectivity index (χ1v) is 9.82. The van der Waals surface area contributed by atoms with E-state index in [-0.39, 0.29) is 11.0 Å². The third-order valence-electron chi connectivity index (χ3n) is 5.21. The SMILES string of the molecule is C[NH+]1CCc2c(sc3nc(-c4ccc(C(C)(C)C)cc4)n(N)c(=O)c23)C1.